The second-order valence-electron chi connectivity index (χ2n) is 6.95. The van der Waals surface area contributed by atoms with E-state index in [1.54, 1.807) is 4.90 Å². The average molecular weight is 345 g/mol. The number of hydrogen-bond acceptors (Lipinski definition) is 3. The van der Waals surface area contributed by atoms with Crippen LogP contribution < -0.4 is 11.1 Å². The summed E-state index contributed by atoms with van der Waals surface area (Å²) in [7, 11) is 0. The number of nitrogens with one attached hydrogen (secondary N) is 1. The van der Waals surface area contributed by atoms with Gasteiger partial charge in [0.1, 0.15) is 6.04 Å². The molecule has 1 aromatic carbocycles. The van der Waals surface area contributed by atoms with Crippen LogP contribution in [0.25, 0.3) is 0 Å². The van der Waals surface area contributed by atoms with Crippen molar-refractivity contribution in [3.63, 3.8) is 0 Å². The van der Waals surface area contributed by atoms with Gasteiger partial charge in [-0.2, -0.15) is 0 Å². The highest BCUT2D eigenvalue weighted by Gasteiger charge is 2.32. The van der Waals surface area contributed by atoms with Crippen molar-refractivity contribution in [2.24, 2.45) is 17.6 Å². The molecule has 136 valence electrons. The Labute approximate surface area is 148 Å². The standard InChI is InChI=1S/C19H27N3O3/c1-13(2)17(21-16(23)12-14-6-4-3-5-7-14)19(25)22-10-8-15(9-11-22)18(20)24/h3-7,13,15,17H,8-12H2,1-2H3,(H2,20,24)(H,21,23). The molecule has 6 nitrogen and oxygen atoms in total. The van der Waals surface area contributed by atoms with Crippen molar-refractivity contribution in [3.05, 3.63) is 35.9 Å². The maximum absolute atomic E-state index is 12.8. The number of piperidine rings is 1. The third kappa shape index (κ3) is 5.31. The lowest BCUT2D eigenvalue weighted by molar-refractivity contribution is -0.140. The molecule has 0 spiro atoms. The largest absolute Gasteiger partial charge is 0.369 e. The van der Waals surface area contributed by atoms with Crippen LogP contribution in [0.15, 0.2) is 30.3 Å². The first-order valence-electron chi connectivity index (χ1n) is 8.80. The Kier molecular flexibility index (Phi) is 6.56. The summed E-state index contributed by atoms with van der Waals surface area (Å²) in [6, 6.07) is 8.90. The van der Waals surface area contributed by atoms with Gasteiger partial charge in [0, 0.05) is 19.0 Å². The van der Waals surface area contributed by atoms with Crippen molar-refractivity contribution in [1.29, 1.82) is 0 Å². The number of primary amides is 1. The van der Waals surface area contributed by atoms with Crippen molar-refractivity contribution in [2.45, 2.75) is 39.2 Å². The Morgan fingerprint density at radius 2 is 1.76 bits per heavy atom. The summed E-state index contributed by atoms with van der Waals surface area (Å²) in [6.45, 7) is 4.84. The first-order valence-corrected chi connectivity index (χ1v) is 8.80. The fraction of sp³-hybridized carbons (Fsp3) is 0.526. The third-order valence-corrected chi connectivity index (χ3v) is 4.67. The predicted octanol–water partition coefficient (Wildman–Crippen LogP) is 1.09. The van der Waals surface area contributed by atoms with Gasteiger partial charge in [0.2, 0.25) is 17.7 Å². The van der Waals surface area contributed by atoms with Crippen LogP contribution in [0.3, 0.4) is 0 Å². The number of carbonyl (C=O) groups is 3. The van der Waals surface area contributed by atoms with Gasteiger partial charge < -0.3 is 16.0 Å². The molecule has 1 fully saturated rings. The first-order chi connectivity index (χ1) is 11.9. The van der Waals surface area contributed by atoms with Crippen molar-refractivity contribution in [1.82, 2.24) is 10.2 Å². The lowest BCUT2D eigenvalue weighted by atomic mass is 9.94. The Bertz CT molecular complexity index is 608. The lowest BCUT2D eigenvalue weighted by Crippen LogP contribution is -2.53. The molecular weight excluding hydrogens is 318 g/mol. The zero-order valence-electron chi connectivity index (χ0n) is 14.9. The molecule has 3 N–H and O–H groups in total. The van der Waals surface area contributed by atoms with Gasteiger partial charge in [0.15, 0.2) is 0 Å². The van der Waals surface area contributed by atoms with Gasteiger partial charge in [0.05, 0.1) is 6.42 Å². The van der Waals surface area contributed by atoms with Gasteiger partial charge in [-0.1, -0.05) is 44.2 Å². The minimum atomic E-state index is -0.554. The summed E-state index contributed by atoms with van der Waals surface area (Å²) < 4.78 is 0. The normalized spacial score (nSPS) is 16.5. The second kappa shape index (κ2) is 8.65. The maximum Gasteiger partial charge on any atom is 0.245 e. The maximum atomic E-state index is 12.8. The summed E-state index contributed by atoms with van der Waals surface area (Å²) >= 11 is 0. The number of hydrogen-bond donors (Lipinski definition) is 2. The van der Waals surface area contributed by atoms with E-state index >= 15 is 0 Å². The second-order valence-corrected chi connectivity index (χ2v) is 6.95. The average Bonchev–Trinajstić information content (AvgIpc) is 2.60. The van der Waals surface area contributed by atoms with Crippen molar-refractivity contribution in [2.75, 3.05) is 13.1 Å². The number of amides is 3. The van der Waals surface area contributed by atoms with E-state index in [0.29, 0.717) is 25.9 Å². The zero-order valence-corrected chi connectivity index (χ0v) is 14.9. The Morgan fingerprint density at radius 1 is 1.16 bits per heavy atom. The fourth-order valence-corrected chi connectivity index (χ4v) is 3.10. The summed E-state index contributed by atoms with van der Waals surface area (Å²) in [5, 5.41) is 2.87. The highest BCUT2D eigenvalue weighted by Crippen LogP contribution is 2.18. The zero-order chi connectivity index (χ0) is 18.4. The number of nitrogens with zero attached hydrogens (tertiary/aromatic N) is 1. The number of benzene rings is 1. The Balaban J connectivity index is 1.94. The molecule has 1 aliphatic rings. The van der Waals surface area contributed by atoms with Gasteiger partial charge in [0.25, 0.3) is 0 Å². The fourth-order valence-electron chi connectivity index (χ4n) is 3.10. The highest BCUT2D eigenvalue weighted by molar-refractivity contribution is 5.89. The van der Waals surface area contributed by atoms with E-state index in [1.165, 1.54) is 0 Å². The van der Waals surface area contributed by atoms with Crippen LogP contribution in [-0.4, -0.2) is 41.8 Å². The van der Waals surface area contributed by atoms with Crippen molar-refractivity contribution >= 4 is 17.7 Å². The molecule has 0 bridgehead atoms. The SMILES string of the molecule is CC(C)C(NC(=O)Cc1ccccc1)C(=O)N1CCC(C(N)=O)CC1. The minimum Gasteiger partial charge on any atom is -0.369 e. The first kappa shape index (κ1) is 19.0. The Hall–Kier alpha value is -2.37. The highest BCUT2D eigenvalue weighted by atomic mass is 16.2. The van der Waals surface area contributed by atoms with Crippen LogP contribution >= 0.6 is 0 Å². The molecule has 2 rings (SSSR count). The molecule has 25 heavy (non-hydrogen) atoms. The molecule has 0 aliphatic carbocycles. The number of rotatable bonds is 6. The molecule has 1 heterocycles. The van der Waals surface area contributed by atoms with E-state index in [2.05, 4.69) is 5.32 Å². The topological polar surface area (TPSA) is 92.5 Å². The number of nitrogens with two attached hydrogens (primary N) is 1. The minimum absolute atomic E-state index is 0.0129. The molecule has 1 atom stereocenters. The summed E-state index contributed by atoms with van der Waals surface area (Å²) in [6.07, 6.45) is 1.43. The van der Waals surface area contributed by atoms with Crippen LogP contribution in [0.2, 0.25) is 0 Å². The molecule has 3 amide bonds. The van der Waals surface area contributed by atoms with Crippen molar-refractivity contribution < 1.29 is 14.4 Å². The van der Waals surface area contributed by atoms with E-state index in [0.717, 1.165) is 5.56 Å². The Morgan fingerprint density at radius 3 is 2.28 bits per heavy atom. The number of carbonyl (C=O) groups excluding carboxylic acids is 3. The van der Waals surface area contributed by atoms with Crippen LogP contribution in [0.5, 0.6) is 0 Å². The van der Waals surface area contributed by atoms with E-state index in [9.17, 15) is 14.4 Å². The van der Waals surface area contributed by atoms with Gasteiger partial charge in [-0.25, -0.2) is 0 Å². The molecule has 0 radical (unpaired) electrons. The van der Waals surface area contributed by atoms with Gasteiger partial charge in [-0.3, -0.25) is 14.4 Å². The smallest absolute Gasteiger partial charge is 0.245 e. The predicted molar refractivity (Wildman–Crippen MR) is 95.4 cm³/mol. The van der Waals surface area contributed by atoms with E-state index in [4.69, 9.17) is 5.73 Å². The van der Waals surface area contributed by atoms with Crippen LogP contribution in [0, 0.1) is 11.8 Å². The van der Waals surface area contributed by atoms with Crippen molar-refractivity contribution in [3.8, 4) is 0 Å². The molecule has 0 saturated carbocycles. The molecule has 1 aromatic rings. The molecule has 1 saturated heterocycles. The molecule has 0 aromatic heterocycles. The monoisotopic (exact) mass is 345 g/mol. The van der Waals surface area contributed by atoms with E-state index in [-0.39, 0.29) is 36.0 Å². The van der Waals surface area contributed by atoms with Gasteiger partial charge in [-0.05, 0) is 24.3 Å². The summed E-state index contributed by atoms with van der Waals surface area (Å²) in [5.74, 6) is -0.719. The lowest BCUT2D eigenvalue weighted by Gasteiger charge is -2.34. The van der Waals surface area contributed by atoms with Crippen LogP contribution in [0.4, 0.5) is 0 Å². The molecule has 1 unspecified atom stereocenters. The molecular formula is C19H27N3O3. The van der Waals surface area contributed by atoms with Crippen LogP contribution in [0.1, 0.15) is 32.3 Å². The number of likely N-dealkylation sites (tertiary alicyclic amines) is 1. The molecule has 6 heteroatoms. The molecule has 1 aliphatic heterocycles. The summed E-state index contributed by atoms with van der Waals surface area (Å²) in [5.41, 5.74) is 6.25. The van der Waals surface area contributed by atoms with E-state index < -0.39 is 6.04 Å². The van der Waals surface area contributed by atoms with Gasteiger partial charge >= 0.3 is 0 Å². The quantitative estimate of drug-likeness (QED) is 0.808. The third-order valence-electron chi connectivity index (χ3n) is 4.67. The van der Waals surface area contributed by atoms with Gasteiger partial charge in [-0.15, -0.1) is 0 Å². The summed E-state index contributed by atoms with van der Waals surface area (Å²) in [4.78, 5) is 38.1. The van der Waals surface area contributed by atoms with E-state index in [1.807, 2.05) is 44.2 Å². The van der Waals surface area contributed by atoms with Crippen LogP contribution in [-0.2, 0) is 20.8 Å².